The van der Waals surface area contributed by atoms with Crippen LogP contribution in [0.15, 0.2) is 46.5 Å². The highest BCUT2D eigenvalue weighted by molar-refractivity contribution is 7.92. The lowest BCUT2D eigenvalue weighted by molar-refractivity contribution is -0.269. The van der Waals surface area contributed by atoms with Gasteiger partial charge in [0.25, 0.3) is 10.0 Å². The van der Waals surface area contributed by atoms with Crippen LogP contribution in [0.5, 0.6) is 11.9 Å². The monoisotopic (exact) mass is 649 g/mol. The Morgan fingerprint density at radius 1 is 0.854 bits per heavy atom. The Morgan fingerprint density at radius 3 is 1.83 bits per heavy atom. The standard InChI is InChI=1S/C19H14F11N5O4S2/c1-38-11-7-10(32-14(33-11)39-2)35-41(36,37)9-5-3-8(4-6-9)31-15(40)34-13(16(20,21)19(28,29)30)12(17(22,23)24)18(25,26)27/h3-7H,1-2H3,(H2,31,34,40)(H,32,33,35). The van der Waals surface area contributed by atoms with Crippen LogP contribution in [0.3, 0.4) is 0 Å². The quantitative estimate of drug-likeness (QED) is 0.264. The Labute approximate surface area is 227 Å². The number of anilines is 2. The average molecular weight is 649 g/mol. The van der Waals surface area contributed by atoms with E-state index in [0.717, 1.165) is 30.3 Å². The molecule has 1 heterocycles. The second-order valence-corrected chi connectivity index (χ2v) is 9.40. The molecule has 0 saturated heterocycles. The second-order valence-electron chi connectivity index (χ2n) is 7.31. The highest BCUT2D eigenvalue weighted by Crippen LogP contribution is 2.48. The average Bonchev–Trinajstić information content (AvgIpc) is 2.80. The van der Waals surface area contributed by atoms with Gasteiger partial charge in [0.2, 0.25) is 5.88 Å². The minimum Gasteiger partial charge on any atom is -0.481 e. The summed E-state index contributed by atoms with van der Waals surface area (Å²) in [6, 6.07) is 4.01. The number of nitrogens with zero attached hydrogens (tertiary/aromatic N) is 2. The van der Waals surface area contributed by atoms with Crippen molar-refractivity contribution in [2.24, 2.45) is 0 Å². The number of halogens is 11. The van der Waals surface area contributed by atoms with Crippen molar-refractivity contribution in [1.82, 2.24) is 15.3 Å². The van der Waals surface area contributed by atoms with Gasteiger partial charge in [0.15, 0.2) is 16.5 Å². The molecule has 0 radical (unpaired) electrons. The molecule has 0 spiro atoms. The molecule has 1 aromatic carbocycles. The number of alkyl halides is 11. The summed E-state index contributed by atoms with van der Waals surface area (Å²) in [5.41, 5.74) is -8.24. The van der Waals surface area contributed by atoms with Crippen LogP contribution in [0.4, 0.5) is 59.8 Å². The third-order valence-electron chi connectivity index (χ3n) is 4.46. The molecule has 228 valence electrons. The van der Waals surface area contributed by atoms with Gasteiger partial charge in [-0.2, -0.15) is 58.3 Å². The molecule has 0 aliphatic carbocycles. The zero-order valence-corrected chi connectivity index (χ0v) is 21.5. The van der Waals surface area contributed by atoms with Gasteiger partial charge in [-0.05, 0) is 36.5 Å². The number of rotatable bonds is 8. The summed E-state index contributed by atoms with van der Waals surface area (Å²) in [5, 5.41) is 0.888. The van der Waals surface area contributed by atoms with Crippen LogP contribution in [0.25, 0.3) is 0 Å². The van der Waals surface area contributed by atoms with Crippen LogP contribution in [-0.2, 0) is 10.0 Å². The van der Waals surface area contributed by atoms with Gasteiger partial charge in [0.05, 0.1) is 19.1 Å². The first kappa shape index (κ1) is 33.5. The van der Waals surface area contributed by atoms with Crippen LogP contribution >= 0.6 is 12.2 Å². The van der Waals surface area contributed by atoms with Crippen LogP contribution < -0.4 is 24.8 Å². The van der Waals surface area contributed by atoms with Gasteiger partial charge in [-0.15, -0.1) is 0 Å². The zero-order chi connectivity index (χ0) is 31.6. The lowest BCUT2D eigenvalue weighted by atomic mass is 10.1. The fourth-order valence-electron chi connectivity index (χ4n) is 2.73. The molecule has 0 saturated carbocycles. The van der Waals surface area contributed by atoms with E-state index >= 15 is 0 Å². The van der Waals surface area contributed by atoms with Crippen LogP contribution in [0.1, 0.15) is 0 Å². The Kier molecular flexibility index (Phi) is 9.53. The molecule has 0 aliphatic rings. The fraction of sp³-hybridized carbons (Fsp3) is 0.316. The molecule has 0 fully saturated rings. The van der Waals surface area contributed by atoms with E-state index in [1.54, 1.807) is 5.32 Å². The number of methoxy groups -OCH3 is 2. The largest absolute Gasteiger partial charge is 0.481 e. The van der Waals surface area contributed by atoms with Crippen molar-refractivity contribution in [3.63, 3.8) is 0 Å². The smallest absolute Gasteiger partial charge is 0.459 e. The van der Waals surface area contributed by atoms with E-state index in [9.17, 15) is 56.7 Å². The van der Waals surface area contributed by atoms with Gasteiger partial charge in [0, 0.05) is 11.8 Å². The molecule has 2 aromatic rings. The number of thiocarbonyl (C=S) groups is 1. The van der Waals surface area contributed by atoms with Gasteiger partial charge in [0.1, 0.15) is 5.70 Å². The summed E-state index contributed by atoms with van der Waals surface area (Å²) in [5.74, 6) is -7.11. The lowest BCUT2D eigenvalue weighted by Gasteiger charge is -2.28. The molecular weight excluding hydrogens is 635 g/mol. The second kappa shape index (κ2) is 11.7. The summed E-state index contributed by atoms with van der Waals surface area (Å²) < 4.78 is 181. The first-order valence-corrected chi connectivity index (χ1v) is 11.9. The first-order valence-electron chi connectivity index (χ1n) is 10.0. The summed E-state index contributed by atoms with van der Waals surface area (Å²) in [6.45, 7) is 0. The van der Waals surface area contributed by atoms with E-state index in [2.05, 4.69) is 22.2 Å². The Balaban J connectivity index is 2.37. The van der Waals surface area contributed by atoms with Gasteiger partial charge in [-0.3, -0.25) is 4.72 Å². The van der Waals surface area contributed by atoms with E-state index in [-0.39, 0.29) is 17.7 Å². The van der Waals surface area contributed by atoms with E-state index in [1.807, 2.05) is 4.72 Å². The van der Waals surface area contributed by atoms with Gasteiger partial charge in [-0.25, -0.2) is 8.42 Å². The molecule has 9 nitrogen and oxygen atoms in total. The number of hydrogen-bond acceptors (Lipinski definition) is 7. The number of nitrogens with one attached hydrogen (secondary N) is 3. The molecule has 0 bridgehead atoms. The summed E-state index contributed by atoms with van der Waals surface area (Å²) in [6.07, 6.45) is -20.3. The molecule has 22 heteroatoms. The van der Waals surface area contributed by atoms with Crippen molar-refractivity contribution in [3.8, 4) is 11.9 Å². The SMILES string of the molecule is COc1cc(NS(=O)(=O)c2ccc(NC(=S)NC(=C(C(F)(F)F)C(F)(F)F)C(F)(F)C(F)(F)F)cc2)nc(OC)n1. The highest BCUT2D eigenvalue weighted by atomic mass is 32.2. The van der Waals surface area contributed by atoms with Crippen molar-refractivity contribution < 1.29 is 66.2 Å². The fourth-order valence-corrected chi connectivity index (χ4v) is 3.94. The first-order chi connectivity index (χ1) is 18.5. The Morgan fingerprint density at radius 2 is 1.39 bits per heavy atom. The maximum atomic E-state index is 13.8. The number of allylic oxidation sites excluding steroid dienone is 2. The molecular formula is C19H14F11N5O4S2. The molecule has 41 heavy (non-hydrogen) atoms. The van der Waals surface area contributed by atoms with Crippen molar-refractivity contribution >= 4 is 38.9 Å². The normalized spacial score (nSPS) is 12.8. The third-order valence-corrected chi connectivity index (χ3v) is 6.04. The van der Waals surface area contributed by atoms with E-state index in [4.69, 9.17) is 9.47 Å². The molecule has 0 atom stereocenters. The van der Waals surface area contributed by atoms with Crippen molar-refractivity contribution in [1.29, 1.82) is 0 Å². The number of hydrogen-bond donors (Lipinski definition) is 3. The minimum atomic E-state index is -6.90. The molecule has 0 aliphatic heterocycles. The van der Waals surface area contributed by atoms with Gasteiger partial charge < -0.3 is 20.1 Å². The minimum absolute atomic E-state index is 0.0983. The maximum Gasteiger partial charge on any atom is 0.459 e. The van der Waals surface area contributed by atoms with Crippen molar-refractivity contribution in [3.05, 3.63) is 41.6 Å². The number of ether oxygens (including phenoxy) is 2. The Bertz CT molecular complexity index is 1370. The van der Waals surface area contributed by atoms with Crippen LogP contribution in [0.2, 0.25) is 0 Å². The van der Waals surface area contributed by atoms with E-state index in [0.29, 0.717) is 5.32 Å². The summed E-state index contributed by atoms with van der Waals surface area (Å²) >= 11 is 4.35. The number of benzene rings is 1. The third kappa shape index (κ3) is 8.17. The van der Waals surface area contributed by atoms with Crippen molar-refractivity contribution in [2.45, 2.75) is 29.3 Å². The highest BCUT2D eigenvalue weighted by Gasteiger charge is 2.66. The zero-order valence-electron chi connectivity index (χ0n) is 19.9. The van der Waals surface area contributed by atoms with Gasteiger partial charge in [-0.1, -0.05) is 0 Å². The maximum absolute atomic E-state index is 13.8. The van der Waals surface area contributed by atoms with Crippen LogP contribution in [0, 0.1) is 0 Å². The molecule has 1 aromatic heterocycles. The molecule has 3 N–H and O–H groups in total. The molecule has 0 amide bonds. The Hall–Kier alpha value is -3.69. The van der Waals surface area contributed by atoms with Crippen molar-refractivity contribution in [2.75, 3.05) is 24.3 Å². The number of sulfonamides is 1. The predicted molar refractivity (Wildman–Crippen MR) is 122 cm³/mol. The van der Waals surface area contributed by atoms with Crippen LogP contribution in [-0.4, -0.2) is 62.2 Å². The topological polar surface area (TPSA) is 114 Å². The summed E-state index contributed by atoms with van der Waals surface area (Å²) in [4.78, 5) is 6.96. The lowest BCUT2D eigenvalue weighted by Crippen LogP contribution is -2.49. The van der Waals surface area contributed by atoms with E-state index in [1.165, 1.54) is 14.2 Å². The number of aromatic nitrogens is 2. The molecule has 2 rings (SSSR count). The predicted octanol–water partition coefficient (Wildman–Crippen LogP) is 5.16. The summed E-state index contributed by atoms with van der Waals surface area (Å²) in [7, 11) is -2.03. The molecule has 0 unspecified atom stereocenters. The van der Waals surface area contributed by atoms with Gasteiger partial charge >= 0.3 is 30.5 Å². The van der Waals surface area contributed by atoms with E-state index < -0.39 is 61.4 Å².